The summed E-state index contributed by atoms with van der Waals surface area (Å²) in [5.41, 5.74) is 3.42. The number of anilines is 2. The molecule has 1 aromatic carbocycles. The maximum absolute atomic E-state index is 11.8. The quantitative estimate of drug-likeness (QED) is 0.808. The Balaban J connectivity index is 1.99. The third-order valence-corrected chi connectivity index (χ3v) is 3.33. The summed E-state index contributed by atoms with van der Waals surface area (Å²) in [6.07, 6.45) is 2.84. The molecule has 90 valence electrons. The lowest BCUT2D eigenvalue weighted by Crippen LogP contribution is -2.38. The monoisotopic (exact) mass is 232 g/mol. The summed E-state index contributed by atoms with van der Waals surface area (Å²) in [7, 11) is 0. The second-order valence-electron chi connectivity index (χ2n) is 4.45. The average molecular weight is 232 g/mol. The molecule has 3 rings (SSSR count). The molecule has 0 unspecified atom stereocenters. The summed E-state index contributed by atoms with van der Waals surface area (Å²) >= 11 is 0. The van der Waals surface area contributed by atoms with E-state index in [2.05, 4.69) is 11.4 Å². The normalized spacial score (nSPS) is 19.3. The molecular weight excluding hydrogens is 216 g/mol. The summed E-state index contributed by atoms with van der Waals surface area (Å²) in [5.74, 6) is 0. The van der Waals surface area contributed by atoms with Gasteiger partial charge in [0.1, 0.15) is 0 Å². The summed E-state index contributed by atoms with van der Waals surface area (Å²) in [6.45, 7) is 2.32. The Morgan fingerprint density at radius 2 is 2.24 bits per heavy atom. The van der Waals surface area contributed by atoms with Gasteiger partial charge in [-0.1, -0.05) is 6.07 Å². The van der Waals surface area contributed by atoms with Gasteiger partial charge >= 0.3 is 6.09 Å². The molecule has 0 aliphatic carbocycles. The molecule has 1 saturated heterocycles. The predicted octanol–water partition coefficient (Wildman–Crippen LogP) is 2.39. The fourth-order valence-corrected chi connectivity index (χ4v) is 2.51. The van der Waals surface area contributed by atoms with Crippen LogP contribution in [-0.4, -0.2) is 25.8 Å². The highest BCUT2D eigenvalue weighted by molar-refractivity contribution is 5.90. The van der Waals surface area contributed by atoms with Gasteiger partial charge in [-0.15, -0.1) is 0 Å². The third-order valence-electron chi connectivity index (χ3n) is 3.33. The third kappa shape index (κ3) is 1.84. The van der Waals surface area contributed by atoms with E-state index in [9.17, 15) is 4.79 Å². The van der Waals surface area contributed by atoms with Crippen molar-refractivity contribution in [2.24, 2.45) is 0 Å². The van der Waals surface area contributed by atoms with E-state index in [1.807, 2.05) is 12.1 Å². The van der Waals surface area contributed by atoms with Crippen LogP contribution in [0, 0.1) is 0 Å². The lowest BCUT2D eigenvalue weighted by Gasteiger charge is -2.30. The van der Waals surface area contributed by atoms with Crippen molar-refractivity contribution in [2.45, 2.75) is 19.3 Å². The van der Waals surface area contributed by atoms with Crippen molar-refractivity contribution >= 4 is 17.5 Å². The molecule has 2 aliphatic rings. The van der Waals surface area contributed by atoms with Gasteiger partial charge in [-0.2, -0.15) is 0 Å². The number of nitrogens with zero attached hydrogens (tertiary/aromatic N) is 1. The van der Waals surface area contributed by atoms with Gasteiger partial charge < -0.3 is 10.1 Å². The number of ether oxygens (including phenoxy) is 1. The van der Waals surface area contributed by atoms with Crippen LogP contribution in [0.15, 0.2) is 18.2 Å². The molecule has 4 heteroatoms. The number of rotatable bonds is 1. The molecule has 0 saturated carbocycles. The van der Waals surface area contributed by atoms with E-state index in [1.54, 1.807) is 4.90 Å². The number of hydrogen-bond acceptors (Lipinski definition) is 3. The Morgan fingerprint density at radius 1 is 1.29 bits per heavy atom. The van der Waals surface area contributed by atoms with Crippen molar-refractivity contribution < 1.29 is 9.53 Å². The Hall–Kier alpha value is -1.71. The second kappa shape index (κ2) is 4.28. The van der Waals surface area contributed by atoms with E-state index in [0.717, 1.165) is 43.7 Å². The van der Waals surface area contributed by atoms with Gasteiger partial charge in [0.15, 0.2) is 0 Å². The van der Waals surface area contributed by atoms with Crippen LogP contribution in [0.3, 0.4) is 0 Å². The molecule has 1 fully saturated rings. The van der Waals surface area contributed by atoms with Gasteiger partial charge in [-0.3, -0.25) is 4.90 Å². The maximum Gasteiger partial charge on any atom is 0.414 e. The number of hydrogen-bond donors (Lipinski definition) is 1. The van der Waals surface area contributed by atoms with Crippen LogP contribution in [0.5, 0.6) is 0 Å². The van der Waals surface area contributed by atoms with Gasteiger partial charge in [-0.05, 0) is 37.0 Å². The van der Waals surface area contributed by atoms with Crippen LogP contribution < -0.4 is 10.2 Å². The van der Waals surface area contributed by atoms with Gasteiger partial charge in [0, 0.05) is 18.8 Å². The molecule has 1 aromatic rings. The molecular formula is C13H16N2O2. The molecule has 0 atom stereocenters. The fraction of sp³-hybridized carbons (Fsp3) is 0.462. The van der Waals surface area contributed by atoms with E-state index in [-0.39, 0.29) is 6.09 Å². The number of carbonyl (C=O) groups is 1. The lowest BCUT2D eigenvalue weighted by atomic mass is 10.0. The van der Waals surface area contributed by atoms with E-state index in [1.165, 1.54) is 5.56 Å². The van der Waals surface area contributed by atoms with Gasteiger partial charge in [0.2, 0.25) is 0 Å². The number of cyclic esters (lactones) is 1. The van der Waals surface area contributed by atoms with Crippen molar-refractivity contribution in [2.75, 3.05) is 29.9 Å². The number of amides is 1. The molecule has 17 heavy (non-hydrogen) atoms. The predicted molar refractivity (Wildman–Crippen MR) is 66.6 cm³/mol. The lowest BCUT2D eigenvalue weighted by molar-refractivity contribution is 0.140. The van der Waals surface area contributed by atoms with E-state index in [0.29, 0.717) is 6.61 Å². The maximum atomic E-state index is 11.8. The largest absolute Gasteiger partial charge is 0.449 e. The first kappa shape index (κ1) is 10.4. The van der Waals surface area contributed by atoms with Gasteiger partial charge in [0.25, 0.3) is 0 Å². The molecule has 1 N–H and O–H groups in total. The highest BCUT2D eigenvalue weighted by Gasteiger charge is 2.25. The van der Waals surface area contributed by atoms with Crippen LogP contribution in [-0.2, 0) is 11.2 Å². The highest BCUT2D eigenvalue weighted by atomic mass is 16.6. The van der Waals surface area contributed by atoms with Gasteiger partial charge in [0.05, 0.1) is 12.3 Å². The summed E-state index contributed by atoms with van der Waals surface area (Å²) in [6, 6.07) is 6.08. The Kier molecular flexibility index (Phi) is 2.63. The molecule has 0 radical (unpaired) electrons. The van der Waals surface area contributed by atoms with E-state index >= 15 is 0 Å². The van der Waals surface area contributed by atoms with Crippen LogP contribution in [0.2, 0.25) is 0 Å². The van der Waals surface area contributed by atoms with Crippen LogP contribution in [0.1, 0.15) is 18.4 Å². The van der Waals surface area contributed by atoms with Crippen LogP contribution >= 0.6 is 0 Å². The number of benzene rings is 1. The standard InChI is InChI=1S/C13H16N2O2/c16-13-15(8-3-9-17-13)12-6-1-5-11-10(12)4-2-7-14-11/h1,5-6,14H,2-4,7-9H2. The van der Waals surface area contributed by atoms with Crippen molar-refractivity contribution in [1.82, 2.24) is 0 Å². The Labute approximate surface area is 101 Å². The van der Waals surface area contributed by atoms with Crippen molar-refractivity contribution in [3.63, 3.8) is 0 Å². The van der Waals surface area contributed by atoms with Crippen molar-refractivity contribution in [3.05, 3.63) is 23.8 Å². The fourth-order valence-electron chi connectivity index (χ4n) is 2.51. The molecule has 2 heterocycles. The Morgan fingerprint density at radius 3 is 3.12 bits per heavy atom. The topological polar surface area (TPSA) is 41.6 Å². The minimum Gasteiger partial charge on any atom is -0.449 e. The van der Waals surface area contributed by atoms with Crippen molar-refractivity contribution in [1.29, 1.82) is 0 Å². The van der Waals surface area contributed by atoms with Crippen molar-refractivity contribution in [3.8, 4) is 0 Å². The molecule has 0 bridgehead atoms. The number of fused-ring (bicyclic) bond motifs is 1. The number of carbonyl (C=O) groups excluding carboxylic acids is 1. The van der Waals surface area contributed by atoms with Gasteiger partial charge in [-0.25, -0.2) is 4.79 Å². The second-order valence-corrected chi connectivity index (χ2v) is 4.45. The molecule has 4 nitrogen and oxygen atoms in total. The minimum atomic E-state index is -0.213. The summed E-state index contributed by atoms with van der Waals surface area (Å²) in [4.78, 5) is 13.5. The first-order valence-electron chi connectivity index (χ1n) is 6.16. The average Bonchev–Trinajstić information content (AvgIpc) is 2.39. The summed E-state index contributed by atoms with van der Waals surface area (Å²) in [5, 5.41) is 3.38. The SMILES string of the molecule is O=C1OCCCN1c1cccc2c1CCCN2. The molecule has 1 amide bonds. The van der Waals surface area contributed by atoms with Crippen LogP contribution in [0.4, 0.5) is 16.2 Å². The zero-order valence-corrected chi connectivity index (χ0v) is 9.74. The smallest absolute Gasteiger partial charge is 0.414 e. The molecule has 0 spiro atoms. The summed E-state index contributed by atoms with van der Waals surface area (Å²) < 4.78 is 5.10. The zero-order valence-electron chi connectivity index (χ0n) is 9.74. The zero-order chi connectivity index (χ0) is 11.7. The molecule has 2 aliphatic heterocycles. The first-order valence-corrected chi connectivity index (χ1v) is 6.16. The number of nitrogens with one attached hydrogen (secondary N) is 1. The van der Waals surface area contributed by atoms with E-state index < -0.39 is 0 Å². The molecule has 0 aromatic heterocycles. The highest BCUT2D eigenvalue weighted by Crippen LogP contribution is 2.32. The van der Waals surface area contributed by atoms with Crippen LogP contribution in [0.25, 0.3) is 0 Å². The van der Waals surface area contributed by atoms with E-state index in [4.69, 9.17) is 4.74 Å². The first-order chi connectivity index (χ1) is 8.36. The Bertz CT molecular complexity index is 445. The minimum absolute atomic E-state index is 0.213.